The van der Waals surface area contributed by atoms with Crippen LogP contribution in [0.3, 0.4) is 0 Å². The molecule has 106 valence electrons. The van der Waals surface area contributed by atoms with E-state index in [0.29, 0.717) is 33.4 Å². The van der Waals surface area contributed by atoms with Gasteiger partial charge in [-0.25, -0.2) is 9.97 Å². The molecule has 0 atom stereocenters. The number of hydrogen-bond acceptors (Lipinski definition) is 2. The summed E-state index contributed by atoms with van der Waals surface area (Å²) in [6.45, 7) is 6.09. The second-order valence-corrected chi connectivity index (χ2v) is 6.13. The fourth-order valence-electron chi connectivity index (χ4n) is 2.20. The molecule has 0 bridgehead atoms. The first-order chi connectivity index (χ1) is 9.40. The third kappa shape index (κ3) is 3.25. The Morgan fingerprint density at radius 3 is 2.15 bits per heavy atom. The highest BCUT2D eigenvalue weighted by atomic mass is 35.5. The van der Waals surface area contributed by atoms with Crippen LogP contribution in [0, 0.1) is 6.92 Å². The van der Waals surface area contributed by atoms with Gasteiger partial charge < -0.3 is 0 Å². The molecule has 20 heavy (non-hydrogen) atoms. The van der Waals surface area contributed by atoms with Crippen molar-refractivity contribution in [1.82, 2.24) is 9.97 Å². The molecule has 0 saturated heterocycles. The molecule has 2 aromatic rings. The van der Waals surface area contributed by atoms with Gasteiger partial charge in [0.2, 0.25) is 0 Å². The SMILES string of the molecule is Cc1nc(Cc2c(Cl)cccc2Cl)nc(Cl)c1C(C)C. The van der Waals surface area contributed by atoms with E-state index in [1.54, 1.807) is 12.1 Å². The van der Waals surface area contributed by atoms with Gasteiger partial charge in [0.05, 0.1) is 0 Å². The van der Waals surface area contributed by atoms with Crippen molar-refractivity contribution in [3.8, 4) is 0 Å². The van der Waals surface area contributed by atoms with Crippen molar-refractivity contribution in [3.05, 3.63) is 56.0 Å². The van der Waals surface area contributed by atoms with Crippen molar-refractivity contribution < 1.29 is 0 Å². The van der Waals surface area contributed by atoms with E-state index < -0.39 is 0 Å². The van der Waals surface area contributed by atoms with Crippen LogP contribution >= 0.6 is 34.8 Å². The minimum absolute atomic E-state index is 0.292. The van der Waals surface area contributed by atoms with Gasteiger partial charge in [-0.3, -0.25) is 0 Å². The van der Waals surface area contributed by atoms with E-state index in [-0.39, 0.29) is 0 Å². The third-order valence-corrected chi connectivity index (χ3v) is 4.11. The van der Waals surface area contributed by atoms with E-state index in [1.165, 1.54) is 0 Å². The maximum absolute atomic E-state index is 6.26. The zero-order valence-electron chi connectivity index (χ0n) is 11.5. The van der Waals surface area contributed by atoms with Gasteiger partial charge >= 0.3 is 0 Å². The van der Waals surface area contributed by atoms with Crippen molar-refractivity contribution in [3.63, 3.8) is 0 Å². The molecule has 1 heterocycles. The fraction of sp³-hybridized carbons (Fsp3) is 0.333. The maximum Gasteiger partial charge on any atom is 0.136 e. The van der Waals surface area contributed by atoms with Crippen molar-refractivity contribution in [2.75, 3.05) is 0 Å². The molecule has 0 saturated carbocycles. The number of benzene rings is 1. The molecule has 0 amide bonds. The molecule has 0 aliphatic carbocycles. The molecule has 0 aliphatic heterocycles. The smallest absolute Gasteiger partial charge is 0.136 e. The summed E-state index contributed by atoms with van der Waals surface area (Å²) in [6.07, 6.45) is 0.470. The Balaban J connectivity index is 2.41. The van der Waals surface area contributed by atoms with Gasteiger partial charge in [-0.15, -0.1) is 0 Å². The first-order valence-corrected chi connectivity index (χ1v) is 7.49. The Labute approximate surface area is 134 Å². The predicted octanol–water partition coefficient (Wildman–Crippen LogP) is 5.46. The van der Waals surface area contributed by atoms with Crippen molar-refractivity contribution in [2.24, 2.45) is 0 Å². The van der Waals surface area contributed by atoms with Crippen LogP contribution in [-0.4, -0.2) is 9.97 Å². The quantitative estimate of drug-likeness (QED) is 0.699. The molecule has 5 heteroatoms. The third-order valence-electron chi connectivity index (χ3n) is 3.11. The lowest BCUT2D eigenvalue weighted by Gasteiger charge is -2.13. The maximum atomic E-state index is 6.26. The van der Waals surface area contributed by atoms with Gasteiger partial charge in [-0.2, -0.15) is 0 Å². The first-order valence-electron chi connectivity index (χ1n) is 6.36. The molecule has 0 spiro atoms. The second kappa shape index (κ2) is 6.30. The zero-order chi connectivity index (χ0) is 14.9. The van der Waals surface area contributed by atoms with Crippen LogP contribution in [0.2, 0.25) is 15.2 Å². The molecule has 2 rings (SSSR count). The highest BCUT2D eigenvalue weighted by Gasteiger charge is 2.15. The molecule has 0 fully saturated rings. The summed E-state index contributed by atoms with van der Waals surface area (Å²) in [7, 11) is 0. The summed E-state index contributed by atoms with van der Waals surface area (Å²) in [5, 5.41) is 1.73. The standard InChI is InChI=1S/C15H15Cl3N2/c1-8(2)14-9(3)19-13(20-15(14)18)7-10-11(16)5-4-6-12(10)17/h4-6,8H,7H2,1-3H3. The molecule has 0 radical (unpaired) electrons. The van der Waals surface area contributed by atoms with E-state index in [0.717, 1.165) is 16.8 Å². The normalized spacial score (nSPS) is 11.2. The lowest BCUT2D eigenvalue weighted by molar-refractivity contribution is 0.810. The summed E-state index contributed by atoms with van der Waals surface area (Å²) >= 11 is 18.6. The van der Waals surface area contributed by atoms with Gasteiger partial charge in [0.15, 0.2) is 0 Å². The average molecular weight is 330 g/mol. The minimum atomic E-state index is 0.292. The van der Waals surface area contributed by atoms with Crippen molar-refractivity contribution >= 4 is 34.8 Å². The van der Waals surface area contributed by atoms with Gasteiger partial charge in [0, 0.05) is 27.7 Å². The zero-order valence-corrected chi connectivity index (χ0v) is 13.8. The Morgan fingerprint density at radius 1 is 1.05 bits per heavy atom. The lowest BCUT2D eigenvalue weighted by Crippen LogP contribution is -2.05. The number of rotatable bonds is 3. The van der Waals surface area contributed by atoms with Crippen LogP contribution in [0.5, 0.6) is 0 Å². The molecule has 0 N–H and O–H groups in total. The van der Waals surface area contributed by atoms with Crippen LogP contribution in [0.25, 0.3) is 0 Å². The number of hydrogen-bond donors (Lipinski definition) is 0. The van der Waals surface area contributed by atoms with E-state index in [9.17, 15) is 0 Å². The monoisotopic (exact) mass is 328 g/mol. The summed E-state index contributed by atoms with van der Waals surface area (Å²) in [5.74, 6) is 0.923. The number of halogens is 3. The number of aromatic nitrogens is 2. The summed E-state index contributed by atoms with van der Waals surface area (Å²) in [4.78, 5) is 8.89. The van der Waals surface area contributed by atoms with Crippen molar-refractivity contribution in [2.45, 2.75) is 33.1 Å². The van der Waals surface area contributed by atoms with Gasteiger partial charge in [0.1, 0.15) is 11.0 Å². The molecule has 1 aromatic heterocycles. The number of aryl methyl sites for hydroxylation is 1. The molecular weight excluding hydrogens is 315 g/mol. The molecular formula is C15H15Cl3N2. The summed E-state index contributed by atoms with van der Waals surface area (Å²) in [5.41, 5.74) is 2.71. The Hall–Kier alpha value is -0.830. The lowest BCUT2D eigenvalue weighted by atomic mass is 10.0. The number of nitrogens with zero attached hydrogens (tertiary/aromatic N) is 2. The largest absolute Gasteiger partial charge is 0.237 e. The highest BCUT2D eigenvalue weighted by molar-refractivity contribution is 6.36. The second-order valence-electron chi connectivity index (χ2n) is 4.96. The molecule has 1 aromatic carbocycles. The van der Waals surface area contributed by atoms with E-state index in [1.807, 2.05) is 13.0 Å². The van der Waals surface area contributed by atoms with Gasteiger partial charge in [-0.1, -0.05) is 54.7 Å². The van der Waals surface area contributed by atoms with E-state index >= 15 is 0 Å². The molecule has 0 unspecified atom stereocenters. The first kappa shape index (κ1) is 15.6. The Kier molecular flexibility index (Phi) is 4.90. The molecule has 0 aliphatic rings. The van der Waals surface area contributed by atoms with Crippen LogP contribution in [0.15, 0.2) is 18.2 Å². The highest BCUT2D eigenvalue weighted by Crippen LogP contribution is 2.28. The topological polar surface area (TPSA) is 25.8 Å². The minimum Gasteiger partial charge on any atom is -0.237 e. The Bertz CT molecular complexity index is 596. The molecule has 2 nitrogen and oxygen atoms in total. The van der Waals surface area contributed by atoms with Crippen LogP contribution < -0.4 is 0 Å². The summed E-state index contributed by atoms with van der Waals surface area (Å²) in [6, 6.07) is 5.43. The van der Waals surface area contributed by atoms with Crippen molar-refractivity contribution in [1.29, 1.82) is 0 Å². The van der Waals surface area contributed by atoms with Crippen LogP contribution in [-0.2, 0) is 6.42 Å². The van der Waals surface area contributed by atoms with Crippen LogP contribution in [0.4, 0.5) is 0 Å². The Morgan fingerprint density at radius 2 is 1.65 bits per heavy atom. The average Bonchev–Trinajstić information content (AvgIpc) is 2.32. The van der Waals surface area contributed by atoms with Crippen LogP contribution in [0.1, 0.15) is 42.4 Å². The van der Waals surface area contributed by atoms with E-state index in [2.05, 4.69) is 23.8 Å². The van der Waals surface area contributed by atoms with Gasteiger partial charge in [-0.05, 0) is 30.5 Å². The summed E-state index contributed by atoms with van der Waals surface area (Å²) < 4.78 is 0. The van der Waals surface area contributed by atoms with E-state index in [4.69, 9.17) is 34.8 Å². The predicted molar refractivity (Wildman–Crippen MR) is 85.1 cm³/mol. The van der Waals surface area contributed by atoms with Gasteiger partial charge in [0.25, 0.3) is 0 Å². The fourth-order valence-corrected chi connectivity index (χ4v) is 3.18.